The lowest BCUT2D eigenvalue weighted by Gasteiger charge is -2.14. The summed E-state index contributed by atoms with van der Waals surface area (Å²) in [5, 5.41) is 8.33. The second kappa shape index (κ2) is 2.60. The molecule has 0 bridgehead atoms. The predicted octanol–water partition coefficient (Wildman–Crippen LogP) is -0.121. The lowest BCUT2D eigenvalue weighted by molar-refractivity contribution is 0.133. The normalized spacial score (nSPS) is 22.7. The van der Waals surface area contributed by atoms with Crippen LogP contribution in [0.3, 0.4) is 0 Å². The van der Waals surface area contributed by atoms with Crippen LogP contribution in [0.2, 0.25) is 0 Å². The first-order chi connectivity index (χ1) is 4.55. The first kappa shape index (κ1) is 8.17. The van der Waals surface area contributed by atoms with Gasteiger partial charge in [-0.05, 0) is 18.8 Å². The fourth-order valence-corrected chi connectivity index (χ4v) is 1.87. The third-order valence-electron chi connectivity index (χ3n) is 1.56. The van der Waals surface area contributed by atoms with Crippen molar-refractivity contribution in [2.24, 2.45) is 5.92 Å². The summed E-state index contributed by atoms with van der Waals surface area (Å²) < 4.78 is 10.5. The van der Waals surface area contributed by atoms with E-state index >= 15 is 0 Å². The molecule has 0 saturated heterocycles. The van der Waals surface area contributed by atoms with E-state index in [4.69, 9.17) is 15.0 Å². The second-order valence-corrected chi connectivity index (χ2v) is 4.23. The van der Waals surface area contributed by atoms with Crippen LogP contribution in [-0.4, -0.2) is 20.8 Å². The summed E-state index contributed by atoms with van der Waals surface area (Å²) in [4.78, 5) is 17.2. The van der Waals surface area contributed by atoms with Gasteiger partial charge in [-0.15, -0.1) is 0 Å². The molecule has 6 heteroatoms. The lowest BCUT2D eigenvalue weighted by atomic mass is 10.4. The Morgan fingerprint density at radius 2 is 2.00 bits per heavy atom. The van der Waals surface area contributed by atoms with E-state index in [0.29, 0.717) is 0 Å². The summed E-state index contributed by atoms with van der Waals surface area (Å²) in [6.45, 7) is 0. The molecule has 4 N–H and O–H groups in total. The lowest BCUT2D eigenvalue weighted by Crippen LogP contribution is -2.27. The Morgan fingerprint density at radius 3 is 2.10 bits per heavy atom. The van der Waals surface area contributed by atoms with Crippen molar-refractivity contribution in [1.82, 2.24) is 5.48 Å². The van der Waals surface area contributed by atoms with Gasteiger partial charge >= 0.3 is 7.60 Å². The zero-order valence-electron chi connectivity index (χ0n) is 5.27. The van der Waals surface area contributed by atoms with Crippen LogP contribution in [0.25, 0.3) is 0 Å². The molecular weight excluding hydrogens is 157 g/mol. The minimum absolute atomic E-state index is 0.0502. The maximum Gasteiger partial charge on any atom is 0.344 e. The molecule has 1 unspecified atom stereocenters. The quantitative estimate of drug-likeness (QED) is 0.347. The van der Waals surface area contributed by atoms with Crippen LogP contribution in [0.15, 0.2) is 0 Å². The third kappa shape index (κ3) is 1.78. The predicted molar refractivity (Wildman–Crippen MR) is 33.5 cm³/mol. The fourth-order valence-electron chi connectivity index (χ4n) is 0.867. The average molecular weight is 167 g/mol. The SMILES string of the molecule is O=P(O)(O)C(NO)C1CC1. The van der Waals surface area contributed by atoms with E-state index < -0.39 is 13.4 Å². The Hall–Kier alpha value is 0.0700. The Kier molecular flexibility index (Phi) is 2.12. The summed E-state index contributed by atoms with van der Waals surface area (Å²) in [5.74, 6) is -1.10. The van der Waals surface area contributed by atoms with Crippen molar-refractivity contribution in [3.05, 3.63) is 0 Å². The van der Waals surface area contributed by atoms with Crippen LogP contribution in [-0.2, 0) is 4.57 Å². The standard InChI is InChI=1S/C4H10NO4P/c6-5-4(3-1-2-3)10(7,8)9/h3-6H,1-2H2,(H2,7,8,9). The van der Waals surface area contributed by atoms with E-state index in [1.807, 2.05) is 0 Å². The van der Waals surface area contributed by atoms with Crippen molar-refractivity contribution >= 4 is 7.60 Å². The molecule has 0 aliphatic heterocycles. The Morgan fingerprint density at radius 1 is 1.50 bits per heavy atom. The molecule has 1 aliphatic rings. The van der Waals surface area contributed by atoms with E-state index in [9.17, 15) is 4.57 Å². The van der Waals surface area contributed by atoms with Crippen LogP contribution >= 0.6 is 7.60 Å². The molecule has 0 radical (unpaired) electrons. The molecule has 1 saturated carbocycles. The molecule has 1 aliphatic carbocycles. The Bertz CT molecular complexity index is 163. The molecule has 0 aromatic carbocycles. The van der Waals surface area contributed by atoms with E-state index in [-0.39, 0.29) is 5.92 Å². The number of rotatable bonds is 3. The van der Waals surface area contributed by atoms with Gasteiger partial charge in [-0.25, -0.2) is 0 Å². The molecule has 1 fully saturated rings. The third-order valence-corrected chi connectivity index (χ3v) is 2.83. The molecule has 0 spiro atoms. The van der Waals surface area contributed by atoms with Crippen molar-refractivity contribution in [3.63, 3.8) is 0 Å². The average Bonchev–Trinajstić information content (AvgIpc) is 2.46. The van der Waals surface area contributed by atoms with Gasteiger partial charge in [0.15, 0.2) is 0 Å². The fraction of sp³-hybridized carbons (Fsp3) is 1.00. The van der Waals surface area contributed by atoms with Gasteiger partial charge in [-0.1, -0.05) is 0 Å². The van der Waals surface area contributed by atoms with Crippen molar-refractivity contribution in [2.75, 3.05) is 0 Å². The molecule has 60 valence electrons. The number of hydroxylamine groups is 1. The molecule has 10 heavy (non-hydrogen) atoms. The van der Waals surface area contributed by atoms with Gasteiger partial charge in [-0.2, -0.15) is 5.48 Å². The number of hydrogen-bond acceptors (Lipinski definition) is 3. The van der Waals surface area contributed by atoms with Gasteiger partial charge in [0.2, 0.25) is 0 Å². The minimum Gasteiger partial charge on any atom is -0.323 e. The van der Waals surface area contributed by atoms with Gasteiger partial charge in [-0.3, -0.25) is 4.57 Å². The summed E-state index contributed by atoms with van der Waals surface area (Å²) >= 11 is 0. The number of hydrogen-bond donors (Lipinski definition) is 4. The largest absolute Gasteiger partial charge is 0.344 e. The van der Waals surface area contributed by atoms with Gasteiger partial charge in [0.1, 0.15) is 5.78 Å². The highest BCUT2D eigenvalue weighted by molar-refractivity contribution is 7.52. The highest BCUT2D eigenvalue weighted by Gasteiger charge is 2.41. The first-order valence-corrected chi connectivity index (χ1v) is 4.68. The number of nitrogens with one attached hydrogen (secondary N) is 1. The Balaban J connectivity index is 2.55. The van der Waals surface area contributed by atoms with Crippen LogP contribution < -0.4 is 5.48 Å². The van der Waals surface area contributed by atoms with Gasteiger partial charge in [0, 0.05) is 0 Å². The van der Waals surface area contributed by atoms with Crippen LogP contribution in [0.5, 0.6) is 0 Å². The molecular formula is C4H10NO4P. The molecule has 0 aromatic heterocycles. The summed E-state index contributed by atoms with van der Waals surface area (Å²) in [6.07, 6.45) is 1.56. The van der Waals surface area contributed by atoms with E-state index in [1.54, 1.807) is 5.48 Å². The zero-order valence-corrected chi connectivity index (χ0v) is 6.16. The van der Waals surface area contributed by atoms with Gasteiger partial charge in [0.05, 0.1) is 0 Å². The van der Waals surface area contributed by atoms with Crippen molar-refractivity contribution in [3.8, 4) is 0 Å². The topological polar surface area (TPSA) is 89.8 Å². The van der Waals surface area contributed by atoms with E-state index in [1.165, 1.54) is 0 Å². The summed E-state index contributed by atoms with van der Waals surface area (Å²) in [6, 6.07) is 0. The molecule has 1 atom stereocenters. The maximum atomic E-state index is 10.5. The van der Waals surface area contributed by atoms with Crippen molar-refractivity contribution in [1.29, 1.82) is 0 Å². The monoisotopic (exact) mass is 167 g/mol. The summed E-state index contributed by atoms with van der Waals surface area (Å²) in [7, 11) is -4.13. The molecule has 0 heterocycles. The minimum atomic E-state index is -4.13. The smallest absolute Gasteiger partial charge is 0.323 e. The van der Waals surface area contributed by atoms with Crippen LogP contribution in [0.4, 0.5) is 0 Å². The zero-order chi connectivity index (χ0) is 7.78. The van der Waals surface area contributed by atoms with Crippen LogP contribution in [0.1, 0.15) is 12.8 Å². The van der Waals surface area contributed by atoms with Crippen LogP contribution in [0, 0.1) is 5.92 Å². The highest BCUT2D eigenvalue weighted by Crippen LogP contribution is 2.50. The molecule has 1 rings (SSSR count). The van der Waals surface area contributed by atoms with E-state index in [2.05, 4.69) is 0 Å². The molecule has 0 amide bonds. The second-order valence-electron chi connectivity index (χ2n) is 2.50. The Labute approximate surface area is 58.2 Å². The van der Waals surface area contributed by atoms with Crippen molar-refractivity contribution in [2.45, 2.75) is 18.6 Å². The molecule has 5 nitrogen and oxygen atoms in total. The van der Waals surface area contributed by atoms with Gasteiger partial charge in [0.25, 0.3) is 0 Å². The first-order valence-electron chi connectivity index (χ1n) is 3.00. The van der Waals surface area contributed by atoms with E-state index in [0.717, 1.165) is 12.8 Å². The van der Waals surface area contributed by atoms with Gasteiger partial charge < -0.3 is 15.0 Å². The molecule has 0 aromatic rings. The summed E-state index contributed by atoms with van der Waals surface area (Å²) in [5.41, 5.74) is 1.64. The van der Waals surface area contributed by atoms with Crippen molar-refractivity contribution < 1.29 is 19.6 Å². The maximum absolute atomic E-state index is 10.5. The highest BCUT2D eigenvalue weighted by atomic mass is 31.2.